The molecule has 0 radical (unpaired) electrons. The molecule has 6 heteroatoms. The minimum Gasteiger partial charge on any atom is -0.462 e. The maximum atomic E-state index is 13.0. The van der Waals surface area contributed by atoms with Crippen LogP contribution in [-0.2, 0) is 28.6 Å². The molecule has 0 aromatic rings. The summed E-state index contributed by atoms with van der Waals surface area (Å²) in [6, 6.07) is 0. The summed E-state index contributed by atoms with van der Waals surface area (Å²) in [5.41, 5.74) is 0. The van der Waals surface area contributed by atoms with Crippen molar-refractivity contribution in [1.29, 1.82) is 0 Å². The molecule has 0 spiro atoms. The lowest BCUT2D eigenvalue weighted by Gasteiger charge is -2.18. The van der Waals surface area contributed by atoms with Crippen molar-refractivity contribution in [1.82, 2.24) is 0 Å². The fraction of sp³-hybridized carbons (Fsp3) is 0.905. The third kappa shape index (κ3) is 66.7. The van der Waals surface area contributed by atoms with Gasteiger partial charge in [-0.3, -0.25) is 14.4 Å². The number of carbonyl (C=O) groups excluding carboxylic acids is 3. The van der Waals surface area contributed by atoms with Gasteiger partial charge in [0.25, 0.3) is 0 Å². The summed E-state index contributed by atoms with van der Waals surface area (Å²) in [5.74, 6) is -0.831. The molecule has 472 valence electrons. The van der Waals surface area contributed by atoms with E-state index in [2.05, 4.69) is 45.1 Å². The van der Waals surface area contributed by atoms with E-state index < -0.39 is 6.10 Å². The largest absolute Gasteiger partial charge is 0.462 e. The van der Waals surface area contributed by atoms with Crippen LogP contribution in [0.3, 0.4) is 0 Å². The monoisotopic (exact) mass is 1130 g/mol. The first-order chi connectivity index (χ1) is 39.5. The molecule has 1 atom stereocenters. The van der Waals surface area contributed by atoms with Crippen LogP contribution in [0.25, 0.3) is 0 Å². The van der Waals surface area contributed by atoms with Gasteiger partial charge in [-0.05, 0) is 51.4 Å². The Hall–Kier alpha value is -2.11. The summed E-state index contributed by atoms with van der Waals surface area (Å²) in [6.07, 6.45) is 84.9. The lowest BCUT2D eigenvalue weighted by molar-refractivity contribution is -0.167. The second-order valence-corrected chi connectivity index (χ2v) is 24.9. The normalized spacial score (nSPS) is 12.1. The standard InChI is InChI=1S/C74H140O6/c1-4-7-10-13-16-19-22-25-28-30-32-34-36-38-39-41-43-46-49-52-55-58-61-64-67-73(76)79-70-71(69-78-72(75)66-63-60-57-54-51-48-45-27-24-21-18-15-12-9-6-3)80-74(77)68-65-62-59-56-53-50-47-44-42-40-37-35-33-31-29-26-23-20-17-14-11-8-5-2/h23,26,31,33,71H,4-22,24-25,27-30,32,34-70H2,1-3H3/b26-23-,33-31-. The molecule has 0 bridgehead atoms. The minimum atomic E-state index is -0.769. The van der Waals surface area contributed by atoms with Crippen molar-refractivity contribution in [3.63, 3.8) is 0 Å². The van der Waals surface area contributed by atoms with Crippen molar-refractivity contribution in [3.8, 4) is 0 Å². The summed E-state index contributed by atoms with van der Waals surface area (Å²) in [5, 5.41) is 0. The highest BCUT2D eigenvalue weighted by Crippen LogP contribution is 2.19. The molecule has 1 unspecified atom stereocenters. The maximum Gasteiger partial charge on any atom is 0.306 e. The van der Waals surface area contributed by atoms with Gasteiger partial charge in [-0.2, -0.15) is 0 Å². The van der Waals surface area contributed by atoms with Crippen LogP contribution in [0.4, 0.5) is 0 Å². The van der Waals surface area contributed by atoms with Crippen LogP contribution in [-0.4, -0.2) is 37.2 Å². The molecule has 0 saturated heterocycles. The summed E-state index contributed by atoms with van der Waals surface area (Å²) < 4.78 is 17.0. The molecule has 0 heterocycles. The molecular weight excluding hydrogens is 985 g/mol. The predicted molar refractivity (Wildman–Crippen MR) is 349 cm³/mol. The van der Waals surface area contributed by atoms with Gasteiger partial charge in [0.05, 0.1) is 0 Å². The van der Waals surface area contributed by atoms with Crippen molar-refractivity contribution in [2.45, 2.75) is 419 Å². The highest BCUT2D eigenvalue weighted by atomic mass is 16.6. The Morgan fingerprint density at radius 1 is 0.250 bits per heavy atom. The lowest BCUT2D eigenvalue weighted by Crippen LogP contribution is -2.30. The molecule has 0 aromatic heterocycles. The van der Waals surface area contributed by atoms with Gasteiger partial charge in [-0.1, -0.05) is 366 Å². The zero-order valence-electron chi connectivity index (χ0n) is 54.4. The first kappa shape index (κ1) is 77.9. The summed E-state index contributed by atoms with van der Waals surface area (Å²) in [6.45, 7) is 6.72. The van der Waals surface area contributed by atoms with E-state index in [0.29, 0.717) is 19.3 Å². The van der Waals surface area contributed by atoms with E-state index in [1.165, 1.54) is 308 Å². The van der Waals surface area contributed by atoms with E-state index in [4.69, 9.17) is 14.2 Å². The molecule has 0 rings (SSSR count). The van der Waals surface area contributed by atoms with Gasteiger partial charge in [0, 0.05) is 19.3 Å². The topological polar surface area (TPSA) is 78.9 Å². The number of esters is 3. The van der Waals surface area contributed by atoms with Gasteiger partial charge in [0.1, 0.15) is 13.2 Å². The molecule has 0 amide bonds. The number of carbonyl (C=O) groups is 3. The van der Waals surface area contributed by atoms with E-state index in [-0.39, 0.29) is 31.1 Å². The molecule has 0 fully saturated rings. The number of ether oxygens (including phenoxy) is 3. The van der Waals surface area contributed by atoms with E-state index >= 15 is 0 Å². The van der Waals surface area contributed by atoms with Gasteiger partial charge in [0.2, 0.25) is 0 Å². The molecular formula is C74H140O6. The number of rotatable bonds is 68. The fourth-order valence-electron chi connectivity index (χ4n) is 11.2. The summed E-state index contributed by atoms with van der Waals surface area (Å²) >= 11 is 0. The minimum absolute atomic E-state index is 0.0650. The third-order valence-corrected chi connectivity index (χ3v) is 16.7. The van der Waals surface area contributed by atoms with E-state index in [0.717, 1.165) is 64.2 Å². The zero-order chi connectivity index (χ0) is 57.8. The molecule has 0 aromatic carbocycles. The summed E-state index contributed by atoms with van der Waals surface area (Å²) in [4.78, 5) is 38.5. The van der Waals surface area contributed by atoms with Gasteiger partial charge in [0.15, 0.2) is 6.10 Å². The SMILES string of the molecule is CCCCCCC/C=C\C/C=C\CCCCCCCCCCCCCC(=O)OC(COC(=O)CCCCCCCCCCCCCCCCC)COC(=O)CCCCCCCCCCCCCCCCCCCCCCCCCC. The molecule has 0 N–H and O–H groups in total. The predicted octanol–water partition coefficient (Wildman–Crippen LogP) is 25.0. The highest BCUT2D eigenvalue weighted by molar-refractivity contribution is 5.71. The quantitative estimate of drug-likeness (QED) is 0.0261. The molecule has 0 aliphatic heterocycles. The smallest absolute Gasteiger partial charge is 0.306 e. The highest BCUT2D eigenvalue weighted by Gasteiger charge is 2.19. The van der Waals surface area contributed by atoms with Crippen LogP contribution in [0.15, 0.2) is 24.3 Å². The number of allylic oxidation sites excluding steroid dienone is 4. The van der Waals surface area contributed by atoms with Crippen LogP contribution < -0.4 is 0 Å². The van der Waals surface area contributed by atoms with Crippen LogP contribution >= 0.6 is 0 Å². The Balaban J connectivity index is 4.25. The molecule has 80 heavy (non-hydrogen) atoms. The average molecular weight is 1130 g/mol. The Morgan fingerprint density at radius 2 is 0.450 bits per heavy atom. The molecule has 0 aliphatic carbocycles. The molecule has 6 nitrogen and oxygen atoms in total. The van der Waals surface area contributed by atoms with Crippen LogP contribution in [0.2, 0.25) is 0 Å². The van der Waals surface area contributed by atoms with Crippen molar-refractivity contribution in [2.24, 2.45) is 0 Å². The van der Waals surface area contributed by atoms with E-state index in [9.17, 15) is 14.4 Å². The van der Waals surface area contributed by atoms with Crippen LogP contribution in [0.5, 0.6) is 0 Å². The van der Waals surface area contributed by atoms with Gasteiger partial charge >= 0.3 is 17.9 Å². The lowest BCUT2D eigenvalue weighted by atomic mass is 10.0. The number of hydrogen-bond donors (Lipinski definition) is 0. The van der Waals surface area contributed by atoms with Crippen molar-refractivity contribution in [2.75, 3.05) is 13.2 Å². The maximum absolute atomic E-state index is 13.0. The Labute approximate surface area is 500 Å². The second-order valence-electron chi connectivity index (χ2n) is 24.9. The van der Waals surface area contributed by atoms with Crippen LogP contribution in [0.1, 0.15) is 412 Å². The van der Waals surface area contributed by atoms with Gasteiger partial charge < -0.3 is 14.2 Å². The van der Waals surface area contributed by atoms with Crippen molar-refractivity contribution < 1.29 is 28.6 Å². The number of hydrogen-bond acceptors (Lipinski definition) is 6. The Kier molecular flexibility index (Phi) is 67.6. The van der Waals surface area contributed by atoms with E-state index in [1.54, 1.807) is 0 Å². The molecule has 0 saturated carbocycles. The second kappa shape index (κ2) is 69.4. The van der Waals surface area contributed by atoms with Gasteiger partial charge in [-0.15, -0.1) is 0 Å². The first-order valence-electron chi connectivity index (χ1n) is 36.3. The average Bonchev–Trinajstić information content (AvgIpc) is 3.46. The third-order valence-electron chi connectivity index (χ3n) is 16.7. The summed E-state index contributed by atoms with van der Waals surface area (Å²) in [7, 11) is 0. The number of unbranched alkanes of at least 4 members (excludes halogenated alkanes) is 53. The Morgan fingerprint density at radius 3 is 0.688 bits per heavy atom. The van der Waals surface area contributed by atoms with Gasteiger partial charge in [-0.25, -0.2) is 0 Å². The van der Waals surface area contributed by atoms with E-state index in [1.807, 2.05) is 0 Å². The van der Waals surface area contributed by atoms with Crippen LogP contribution in [0, 0.1) is 0 Å². The zero-order valence-corrected chi connectivity index (χ0v) is 54.4. The van der Waals surface area contributed by atoms with Crippen molar-refractivity contribution >= 4 is 17.9 Å². The van der Waals surface area contributed by atoms with Crippen molar-refractivity contribution in [3.05, 3.63) is 24.3 Å². The Bertz CT molecular complexity index is 1290. The molecule has 0 aliphatic rings. The fourth-order valence-corrected chi connectivity index (χ4v) is 11.2. The first-order valence-corrected chi connectivity index (χ1v) is 36.3.